The summed E-state index contributed by atoms with van der Waals surface area (Å²) in [5.74, 6) is 0.677. The van der Waals surface area contributed by atoms with Crippen LogP contribution in [0.5, 0.6) is 0 Å². The quantitative estimate of drug-likeness (QED) is 0.644. The van der Waals surface area contributed by atoms with Gasteiger partial charge in [0.15, 0.2) is 0 Å². The van der Waals surface area contributed by atoms with Gasteiger partial charge in [-0.05, 0) is 25.3 Å². The first-order valence-corrected chi connectivity index (χ1v) is 7.52. The standard InChI is InChI=1S/C16H18N4O3/c1-11-5-6-12(20(22)23)10-13(11)16(21)19-8-3-4-14(19)15-17-7-9-18(15)2/h5-7,9-10,14H,3-4,8H2,1-2H3/t14-/m1/s1. The van der Waals surface area contributed by atoms with Gasteiger partial charge in [0.2, 0.25) is 0 Å². The maximum atomic E-state index is 12.9. The van der Waals surface area contributed by atoms with Crippen LogP contribution in [0.15, 0.2) is 30.6 Å². The number of rotatable bonds is 3. The van der Waals surface area contributed by atoms with Gasteiger partial charge in [0.05, 0.1) is 11.0 Å². The van der Waals surface area contributed by atoms with Gasteiger partial charge >= 0.3 is 0 Å². The minimum Gasteiger partial charge on any atom is -0.336 e. The number of imidazole rings is 1. The summed E-state index contributed by atoms with van der Waals surface area (Å²) >= 11 is 0. The molecule has 1 fully saturated rings. The highest BCUT2D eigenvalue weighted by atomic mass is 16.6. The number of nitrogens with zero attached hydrogens (tertiary/aromatic N) is 4. The molecule has 1 atom stereocenters. The van der Waals surface area contributed by atoms with Crippen LogP contribution < -0.4 is 0 Å². The Morgan fingerprint density at radius 2 is 2.22 bits per heavy atom. The highest BCUT2D eigenvalue weighted by Crippen LogP contribution is 2.33. The minimum absolute atomic E-state index is 0.0633. The average Bonchev–Trinajstić information content (AvgIpc) is 3.14. The molecule has 1 aliphatic rings. The number of hydrogen-bond acceptors (Lipinski definition) is 4. The van der Waals surface area contributed by atoms with Crippen LogP contribution in [0.25, 0.3) is 0 Å². The van der Waals surface area contributed by atoms with Crippen molar-refractivity contribution in [2.45, 2.75) is 25.8 Å². The number of aromatic nitrogens is 2. The van der Waals surface area contributed by atoms with Gasteiger partial charge in [-0.1, -0.05) is 6.07 Å². The number of likely N-dealkylation sites (tertiary alicyclic amines) is 1. The second-order valence-corrected chi connectivity index (χ2v) is 5.81. The van der Waals surface area contributed by atoms with E-state index in [-0.39, 0.29) is 17.6 Å². The molecule has 0 radical (unpaired) electrons. The Morgan fingerprint density at radius 1 is 1.43 bits per heavy atom. The van der Waals surface area contributed by atoms with E-state index in [9.17, 15) is 14.9 Å². The Hall–Kier alpha value is -2.70. The lowest BCUT2D eigenvalue weighted by atomic mass is 10.1. The Balaban J connectivity index is 1.95. The summed E-state index contributed by atoms with van der Waals surface area (Å²) in [5.41, 5.74) is 1.07. The third-order valence-electron chi connectivity index (χ3n) is 4.33. The number of amides is 1. The SMILES string of the molecule is Cc1ccc([N+](=O)[O-])cc1C(=O)N1CCC[C@@H]1c1nccn1C. The van der Waals surface area contributed by atoms with Crippen molar-refractivity contribution in [2.75, 3.05) is 6.54 Å². The Morgan fingerprint density at radius 3 is 2.87 bits per heavy atom. The molecule has 1 saturated heterocycles. The zero-order valence-corrected chi connectivity index (χ0v) is 13.1. The van der Waals surface area contributed by atoms with Crippen LogP contribution >= 0.6 is 0 Å². The molecule has 0 N–H and O–H groups in total. The van der Waals surface area contributed by atoms with Crippen LogP contribution in [-0.4, -0.2) is 31.8 Å². The van der Waals surface area contributed by atoms with E-state index in [2.05, 4.69) is 4.98 Å². The number of hydrogen-bond donors (Lipinski definition) is 0. The van der Waals surface area contributed by atoms with Crippen molar-refractivity contribution in [3.63, 3.8) is 0 Å². The summed E-state index contributed by atoms with van der Waals surface area (Å²) < 4.78 is 1.91. The summed E-state index contributed by atoms with van der Waals surface area (Å²) in [6.45, 7) is 2.43. The van der Waals surface area contributed by atoms with Crippen molar-refractivity contribution in [3.05, 3.63) is 57.7 Å². The molecule has 0 saturated carbocycles. The fraction of sp³-hybridized carbons (Fsp3) is 0.375. The summed E-state index contributed by atoms with van der Waals surface area (Å²) in [6.07, 6.45) is 5.33. The molecule has 1 aromatic carbocycles. The fourth-order valence-corrected chi connectivity index (χ4v) is 3.09. The molecule has 1 amide bonds. The van der Waals surface area contributed by atoms with Gasteiger partial charge in [0.25, 0.3) is 11.6 Å². The molecular formula is C16H18N4O3. The summed E-state index contributed by atoms with van der Waals surface area (Å²) in [4.78, 5) is 29.5. The third-order valence-corrected chi connectivity index (χ3v) is 4.33. The van der Waals surface area contributed by atoms with Gasteiger partial charge in [0, 0.05) is 43.7 Å². The van der Waals surface area contributed by atoms with Crippen molar-refractivity contribution < 1.29 is 9.72 Å². The first kappa shape index (κ1) is 15.2. The second-order valence-electron chi connectivity index (χ2n) is 5.81. The van der Waals surface area contributed by atoms with Crippen LogP contribution in [0.4, 0.5) is 5.69 Å². The molecule has 120 valence electrons. The van der Waals surface area contributed by atoms with Crippen molar-refractivity contribution >= 4 is 11.6 Å². The number of aryl methyl sites for hydroxylation is 2. The molecule has 1 aromatic heterocycles. The first-order chi connectivity index (χ1) is 11.0. The Kier molecular flexibility index (Phi) is 3.85. The predicted molar refractivity (Wildman–Crippen MR) is 84.1 cm³/mol. The predicted octanol–water partition coefficient (Wildman–Crippen LogP) is 2.61. The van der Waals surface area contributed by atoms with Crippen molar-refractivity contribution in [2.24, 2.45) is 7.05 Å². The first-order valence-electron chi connectivity index (χ1n) is 7.52. The summed E-state index contributed by atoms with van der Waals surface area (Å²) in [6, 6.07) is 4.33. The Labute approximate surface area is 133 Å². The average molecular weight is 314 g/mol. The van der Waals surface area contributed by atoms with E-state index in [1.165, 1.54) is 12.1 Å². The van der Waals surface area contributed by atoms with Crippen LogP contribution in [0.1, 0.15) is 40.6 Å². The minimum atomic E-state index is -0.476. The van der Waals surface area contributed by atoms with Crippen molar-refractivity contribution in [1.29, 1.82) is 0 Å². The molecular weight excluding hydrogens is 296 g/mol. The summed E-state index contributed by atoms with van der Waals surface area (Å²) in [7, 11) is 1.90. The fourth-order valence-electron chi connectivity index (χ4n) is 3.09. The second kappa shape index (κ2) is 5.83. The lowest BCUT2D eigenvalue weighted by Crippen LogP contribution is -2.32. The molecule has 0 unspecified atom stereocenters. The molecule has 23 heavy (non-hydrogen) atoms. The smallest absolute Gasteiger partial charge is 0.270 e. The van der Waals surface area contributed by atoms with Gasteiger partial charge in [0.1, 0.15) is 5.82 Å². The van der Waals surface area contributed by atoms with E-state index in [0.29, 0.717) is 12.1 Å². The highest BCUT2D eigenvalue weighted by Gasteiger charge is 2.33. The number of non-ortho nitro benzene ring substituents is 1. The van der Waals surface area contributed by atoms with Crippen LogP contribution in [0, 0.1) is 17.0 Å². The molecule has 0 spiro atoms. The van der Waals surface area contributed by atoms with E-state index in [1.54, 1.807) is 24.1 Å². The maximum absolute atomic E-state index is 12.9. The normalized spacial score (nSPS) is 17.5. The number of nitro benzene ring substituents is 1. The zero-order chi connectivity index (χ0) is 16.6. The van der Waals surface area contributed by atoms with Gasteiger partial charge in [-0.2, -0.15) is 0 Å². The topological polar surface area (TPSA) is 81.3 Å². The summed E-state index contributed by atoms with van der Waals surface area (Å²) in [5, 5.41) is 11.0. The number of nitro groups is 1. The molecule has 2 aromatic rings. The third kappa shape index (κ3) is 2.69. The molecule has 0 aliphatic carbocycles. The lowest BCUT2D eigenvalue weighted by molar-refractivity contribution is -0.384. The molecule has 0 bridgehead atoms. The van der Waals surface area contributed by atoms with Crippen LogP contribution in [-0.2, 0) is 7.05 Å². The largest absolute Gasteiger partial charge is 0.336 e. The van der Waals surface area contributed by atoms with Crippen LogP contribution in [0.3, 0.4) is 0 Å². The van der Waals surface area contributed by atoms with Crippen molar-refractivity contribution in [3.8, 4) is 0 Å². The van der Waals surface area contributed by atoms with E-state index < -0.39 is 4.92 Å². The van der Waals surface area contributed by atoms with Crippen molar-refractivity contribution in [1.82, 2.24) is 14.5 Å². The van der Waals surface area contributed by atoms with E-state index in [1.807, 2.05) is 17.8 Å². The van der Waals surface area contributed by atoms with Crippen LogP contribution in [0.2, 0.25) is 0 Å². The highest BCUT2D eigenvalue weighted by molar-refractivity contribution is 5.96. The Bertz CT molecular complexity index is 768. The molecule has 2 heterocycles. The van der Waals surface area contributed by atoms with E-state index >= 15 is 0 Å². The van der Waals surface area contributed by atoms with Gasteiger partial charge < -0.3 is 9.47 Å². The number of benzene rings is 1. The maximum Gasteiger partial charge on any atom is 0.270 e. The molecule has 3 rings (SSSR count). The van der Waals surface area contributed by atoms with E-state index in [0.717, 1.165) is 24.2 Å². The van der Waals surface area contributed by atoms with Gasteiger partial charge in [-0.15, -0.1) is 0 Å². The van der Waals surface area contributed by atoms with E-state index in [4.69, 9.17) is 0 Å². The zero-order valence-electron chi connectivity index (χ0n) is 13.1. The van der Waals surface area contributed by atoms with Gasteiger partial charge in [-0.3, -0.25) is 14.9 Å². The molecule has 1 aliphatic heterocycles. The molecule has 7 nitrogen and oxygen atoms in total. The number of carbonyl (C=O) groups is 1. The lowest BCUT2D eigenvalue weighted by Gasteiger charge is -2.25. The number of carbonyl (C=O) groups excluding carboxylic acids is 1. The molecule has 7 heteroatoms. The van der Waals surface area contributed by atoms with Gasteiger partial charge in [-0.25, -0.2) is 4.98 Å². The monoisotopic (exact) mass is 314 g/mol.